The van der Waals surface area contributed by atoms with E-state index in [0.717, 1.165) is 19.6 Å². The summed E-state index contributed by atoms with van der Waals surface area (Å²) < 4.78 is 5.50. The van der Waals surface area contributed by atoms with Crippen molar-refractivity contribution in [1.29, 1.82) is 5.26 Å². The number of likely N-dealkylation sites (tertiary alicyclic amines) is 1. The minimum atomic E-state index is -0.546. The van der Waals surface area contributed by atoms with E-state index in [-0.39, 0.29) is 6.61 Å². The van der Waals surface area contributed by atoms with Crippen LogP contribution in [0.25, 0.3) is 0 Å². The molecule has 2 atom stereocenters. The molecule has 0 bridgehead atoms. The molecule has 5 nitrogen and oxygen atoms in total. The fraction of sp³-hybridized carbons (Fsp3) is 0.562. The first-order chi connectivity index (χ1) is 10.2. The van der Waals surface area contributed by atoms with E-state index in [4.69, 9.17) is 10.00 Å². The van der Waals surface area contributed by atoms with E-state index in [1.165, 1.54) is 6.42 Å². The Kier molecular flexibility index (Phi) is 6.00. The Morgan fingerprint density at radius 2 is 2.43 bits per heavy atom. The standard InChI is InChI=1S/C16H23N3O2/c1-19-6-5-14(11-19)9-18-10-15(20)12-21-16-4-2-3-13(7-16)8-17/h2-4,7,14-15,18,20H,5-6,9-12H2,1H3. The third kappa shape index (κ3) is 5.35. The molecule has 1 aliphatic rings. The molecule has 21 heavy (non-hydrogen) atoms. The minimum Gasteiger partial charge on any atom is -0.491 e. The second-order valence-corrected chi connectivity index (χ2v) is 5.68. The maximum atomic E-state index is 9.90. The number of hydrogen-bond donors (Lipinski definition) is 2. The van der Waals surface area contributed by atoms with Gasteiger partial charge in [0.25, 0.3) is 0 Å². The summed E-state index contributed by atoms with van der Waals surface area (Å²) in [4.78, 5) is 2.33. The number of hydrogen-bond acceptors (Lipinski definition) is 5. The summed E-state index contributed by atoms with van der Waals surface area (Å²) in [5.74, 6) is 1.29. The molecule has 5 heteroatoms. The van der Waals surface area contributed by atoms with Crippen LogP contribution in [0.3, 0.4) is 0 Å². The lowest BCUT2D eigenvalue weighted by Gasteiger charge is -2.15. The zero-order valence-electron chi connectivity index (χ0n) is 12.5. The number of rotatable bonds is 7. The summed E-state index contributed by atoms with van der Waals surface area (Å²) in [5, 5.41) is 22.0. The van der Waals surface area contributed by atoms with Crippen LogP contribution in [0.5, 0.6) is 5.75 Å². The van der Waals surface area contributed by atoms with Crippen LogP contribution in [0.15, 0.2) is 24.3 Å². The van der Waals surface area contributed by atoms with Crippen LogP contribution in [-0.4, -0.2) is 55.9 Å². The maximum Gasteiger partial charge on any atom is 0.120 e. The van der Waals surface area contributed by atoms with Crippen LogP contribution < -0.4 is 10.1 Å². The first-order valence-corrected chi connectivity index (χ1v) is 7.37. The molecule has 0 aliphatic carbocycles. The monoisotopic (exact) mass is 289 g/mol. The topological polar surface area (TPSA) is 68.5 Å². The molecule has 2 unspecified atom stereocenters. The fourth-order valence-corrected chi connectivity index (χ4v) is 2.55. The lowest BCUT2D eigenvalue weighted by molar-refractivity contribution is 0.105. The molecular formula is C16H23N3O2. The van der Waals surface area contributed by atoms with E-state index in [2.05, 4.69) is 23.3 Å². The lowest BCUT2D eigenvalue weighted by atomic mass is 10.1. The number of aliphatic hydroxyl groups is 1. The third-order valence-electron chi connectivity index (χ3n) is 3.71. The van der Waals surface area contributed by atoms with Crippen molar-refractivity contribution in [2.45, 2.75) is 12.5 Å². The first-order valence-electron chi connectivity index (χ1n) is 7.37. The molecule has 1 heterocycles. The Bertz CT molecular complexity index is 487. The average Bonchev–Trinajstić information content (AvgIpc) is 2.91. The summed E-state index contributed by atoms with van der Waals surface area (Å²) in [5.41, 5.74) is 0.561. The highest BCUT2D eigenvalue weighted by Gasteiger charge is 2.19. The minimum absolute atomic E-state index is 0.229. The molecule has 1 fully saturated rings. The van der Waals surface area contributed by atoms with Crippen molar-refractivity contribution < 1.29 is 9.84 Å². The van der Waals surface area contributed by atoms with Crippen molar-refractivity contribution >= 4 is 0 Å². The van der Waals surface area contributed by atoms with Crippen LogP contribution in [0.1, 0.15) is 12.0 Å². The summed E-state index contributed by atoms with van der Waals surface area (Å²) in [6, 6.07) is 9.03. The molecular weight excluding hydrogens is 266 g/mol. The highest BCUT2D eigenvalue weighted by Crippen LogP contribution is 2.13. The van der Waals surface area contributed by atoms with Gasteiger partial charge in [0.05, 0.1) is 11.6 Å². The summed E-state index contributed by atoms with van der Waals surface area (Å²) in [6.07, 6.45) is 0.673. The van der Waals surface area contributed by atoms with Crippen molar-refractivity contribution in [2.75, 3.05) is 39.8 Å². The second kappa shape index (κ2) is 7.99. The third-order valence-corrected chi connectivity index (χ3v) is 3.71. The number of ether oxygens (including phenoxy) is 1. The van der Waals surface area contributed by atoms with Crippen LogP contribution in [0.2, 0.25) is 0 Å². The van der Waals surface area contributed by atoms with E-state index in [1.54, 1.807) is 24.3 Å². The Hall–Kier alpha value is -1.61. The normalized spacial score (nSPS) is 20.1. The Balaban J connectivity index is 1.63. The van der Waals surface area contributed by atoms with Gasteiger partial charge in [-0.25, -0.2) is 0 Å². The molecule has 0 aromatic heterocycles. The molecule has 0 spiro atoms. The van der Waals surface area contributed by atoms with Gasteiger partial charge in [-0.15, -0.1) is 0 Å². The van der Waals surface area contributed by atoms with Gasteiger partial charge in [-0.1, -0.05) is 6.07 Å². The average molecular weight is 289 g/mol. The fourth-order valence-electron chi connectivity index (χ4n) is 2.55. The van der Waals surface area contributed by atoms with Gasteiger partial charge in [0.1, 0.15) is 18.5 Å². The van der Waals surface area contributed by atoms with Crippen LogP contribution >= 0.6 is 0 Å². The molecule has 0 amide bonds. The molecule has 1 aliphatic heterocycles. The largest absolute Gasteiger partial charge is 0.491 e. The van der Waals surface area contributed by atoms with Crippen molar-refractivity contribution in [3.63, 3.8) is 0 Å². The van der Waals surface area contributed by atoms with Gasteiger partial charge in [0.15, 0.2) is 0 Å². The van der Waals surface area contributed by atoms with Gasteiger partial charge in [-0.3, -0.25) is 0 Å². The van der Waals surface area contributed by atoms with Crippen LogP contribution in [0.4, 0.5) is 0 Å². The number of nitriles is 1. The molecule has 2 N–H and O–H groups in total. The molecule has 0 radical (unpaired) electrons. The highest BCUT2D eigenvalue weighted by molar-refractivity contribution is 5.36. The van der Waals surface area contributed by atoms with E-state index < -0.39 is 6.10 Å². The Morgan fingerprint density at radius 3 is 3.14 bits per heavy atom. The van der Waals surface area contributed by atoms with Gasteiger partial charge in [0.2, 0.25) is 0 Å². The molecule has 0 saturated carbocycles. The lowest BCUT2D eigenvalue weighted by Crippen LogP contribution is -2.34. The summed E-state index contributed by atoms with van der Waals surface area (Å²) in [7, 11) is 2.14. The zero-order valence-corrected chi connectivity index (χ0v) is 12.5. The van der Waals surface area contributed by atoms with Gasteiger partial charge in [-0.05, 0) is 50.7 Å². The van der Waals surface area contributed by atoms with Crippen LogP contribution in [-0.2, 0) is 0 Å². The number of nitrogens with one attached hydrogen (secondary N) is 1. The van der Waals surface area contributed by atoms with Gasteiger partial charge in [-0.2, -0.15) is 5.26 Å². The Morgan fingerprint density at radius 1 is 1.57 bits per heavy atom. The summed E-state index contributed by atoms with van der Waals surface area (Å²) in [6.45, 7) is 3.98. The molecule has 1 saturated heterocycles. The van der Waals surface area contributed by atoms with E-state index in [9.17, 15) is 5.11 Å². The highest BCUT2D eigenvalue weighted by atomic mass is 16.5. The number of aliphatic hydroxyl groups excluding tert-OH is 1. The predicted molar refractivity (Wildman–Crippen MR) is 81.1 cm³/mol. The Labute approximate surface area is 126 Å². The molecule has 1 aromatic carbocycles. The molecule has 2 rings (SSSR count). The van der Waals surface area contributed by atoms with Gasteiger partial charge < -0.3 is 20.1 Å². The molecule has 1 aromatic rings. The van der Waals surface area contributed by atoms with Gasteiger partial charge in [0, 0.05) is 13.1 Å². The zero-order chi connectivity index (χ0) is 15.1. The smallest absolute Gasteiger partial charge is 0.120 e. The number of nitrogens with zero attached hydrogens (tertiary/aromatic N) is 2. The maximum absolute atomic E-state index is 9.90. The van der Waals surface area contributed by atoms with E-state index >= 15 is 0 Å². The second-order valence-electron chi connectivity index (χ2n) is 5.68. The number of benzene rings is 1. The predicted octanol–water partition coefficient (Wildman–Crippen LogP) is 0.839. The van der Waals surface area contributed by atoms with Crippen molar-refractivity contribution in [3.05, 3.63) is 29.8 Å². The van der Waals surface area contributed by atoms with Crippen molar-refractivity contribution in [1.82, 2.24) is 10.2 Å². The summed E-state index contributed by atoms with van der Waals surface area (Å²) >= 11 is 0. The van der Waals surface area contributed by atoms with Crippen molar-refractivity contribution in [2.24, 2.45) is 5.92 Å². The first kappa shape index (κ1) is 15.8. The van der Waals surface area contributed by atoms with E-state index in [1.807, 2.05) is 0 Å². The SMILES string of the molecule is CN1CCC(CNCC(O)COc2cccc(C#N)c2)C1. The molecule has 114 valence electrons. The van der Waals surface area contributed by atoms with Crippen molar-refractivity contribution in [3.8, 4) is 11.8 Å². The quantitative estimate of drug-likeness (QED) is 0.778. The van der Waals surface area contributed by atoms with E-state index in [0.29, 0.717) is 23.8 Å². The van der Waals surface area contributed by atoms with Crippen LogP contribution in [0, 0.1) is 17.2 Å². The van der Waals surface area contributed by atoms with Gasteiger partial charge >= 0.3 is 0 Å².